The molecular formula is C18H17FO4. The van der Waals surface area contributed by atoms with Crippen molar-refractivity contribution in [1.29, 1.82) is 0 Å². The highest BCUT2D eigenvalue weighted by atomic mass is 19.1. The van der Waals surface area contributed by atoms with Gasteiger partial charge in [-0.3, -0.25) is 4.79 Å². The van der Waals surface area contributed by atoms with E-state index < -0.39 is 24.2 Å². The number of ketones is 1. The topological polar surface area (TPSA) is 52.6 Å². The fourth-order valence-corrected chi connectivity index (χ4v) is 2.23. The number of benzene rings is 2. The van der Waals surface area contributed by atoms with Crippen LogP contribution in [-0.2, 0) is 4.74 Å². The number of rotatable bonds is 5. The van der Waals surface area contributed by atoms with E-state index in [0.717, 1.165) is 17.2 Å². The fraction of sp³-hybridized carbons (Fsp3) is 0.222. The summed E-state index contributed by atoms with van der Waals surface area (Å²) in [6, 6.07) is 9.15. The molecule has 120 valence electrons. The SMILES string of the molecule is COc1ccc(C(=O)COC(=O)c2cc(C)cc(C)c2)cc1F. The summed E-state index contributed by atoms with van der Waals surface area (Å²) in [6.07, 6.45) is 0. The Morgan fingerprint density at radius 2 is 1.65 bits per heavy atom. The molecule has 0 bridgehead atoms. The zero-order chi connectivity index (χ0) is 17.0. The predicted octanol–water partition coefficient (Wildman–Crippen LogP) is 3.49. The van der Waals surface area contributed by atoms with E-state index >= 15 is 0 Å². The second-order valence-electron chi connectivity index (χ2n) is 5.23. The minimum atomic E-state index is -0.640. The lowest BCUT2D eigenvalue weighted by Crippen LogP contribution is -2.14. The molecule has 0 atom stereocenters. The number of methoxy groups -OCH3 is 1. The molecule has 5 heteroatoms. The van der Waals surface area contributed by atoms with E-state index in [1.54, 1.807) is 12.1 Å². The van der Waals surface area contributed by atoms with Crippen molar-refractivity contribution in [2.75, 3.05) is 13.7 Å². The Morgan fingerprint density at radius 1 is 1.00 bits per heavy atom. The Bertz CT molecular complexity index is 732. The molecule has 2 rings (SSSR count). The van der Waals surface area contributed by atoms with Crippen LogP contribution in [-0.4, -0.2) is 25.5 Å². The lowest BCUT2D eigenvalue weighted by Gasteiger charge is -2.07. The maximum absolute atomic E-state index is 13.6. The maximum Gasteiger partial charge on any atom is 0.338 e. The molecule has 0 aliphatic heterocycles. The lowest BCUT2D eigenvalue weighted by molar-refractivity contribution is 0.0474. The van der Waals surface area contributed by atoms with Gasteiger partial charge in [-0.2, -0.15) is 0 Å². The molecule has 0 amide bonds. The summed E-state index contributed by atoms with van der Waals surface area (Å²) in [6.45, 7) is 3.29. The van der Waals surface area contributed by atoms with Crippen molar-refractivity contribution in [2.45, 2.75) is 13.8 Å². The number of ether oxygens (including phenoxy) is 2. The Labute approximate surface area is 133 Å². The molecule has 0 fully saturated rings. The molecule has 0 unspecified atom stereocenters. The van der Waals surface area contributed by atoms with E-state index in [2.05, 4.69) is 0 Å². The molecule has 2 aromatic carbocycles. The Hall–Kier alpha value is -2.69. The molecule has 0 heterocycles. The smallest absolute Gasteiger partial charge is 0.338 e. The third-order valence-electron chi connectivity index (χ3n) is 3.27. The van der Waals surface area contributed by atoms with Gasteiger partial charge in [0.2, 0.25) is 0 Å². The third-order valence-corrected chi connectivity index (χ3v) is 3.27. The van der Waals surface area contributed by atoms with Crippen molar-refractivity contribution >= 4 is 11.8 Å². The average Bonchev–Trinajstić information content (AvgIpc) is 2.51. The zero-order valence-corrected chi connectivity index (χ0v) is 13.2. The number of aryl methyl sites for hydroxylation is 2. The molecule has 0 radical (unpaired) electrons. The van der Waals surface area contributed by atoms with Gasteiger partial charge in [0, 0.05) is 5.56 Å². The highest BCUT2D eigenvalue weighted by Gasteiger charge is 2.14. The number of hydrogen-bond donors (Lipinski definition) is 0. The molecule has 2 aromatic rings. The zero-order valence-electron chi connectivity index (χ0n) is 13.2. The molecule has 0 aliphatic rings. The van der Waals surface area contributed by atoms with Crippen LogP contribution in [0.15, 0.2) is 36.4 Å². The van der Waals surface area contributed by atoms with Crippen LogP contribution in [0.4, 0.5) is 4.39 Å². The van der Waals surface area contributed by atoms with Crippen molar-refractivity contribution in [3.05, 3.63) is 64.5 Å². The number of esters is 1. The van der Waals surface area contributed by atoms with Crippen LogP contribution in [0, 0.1) is 19.7 Å². The van der Waals surface area contributed by atoms with Gasteiger partial charge >= 0.3 is 5.97 Å². The van der Waals surface area contributed by atoms with E-state index in [9.17, 15) is 14.0 Å². The monoisotopic (exact) mass is 316 g/mol. The van der Waals surface area contributed by atoms with Crippen molar-refractivity contribution in [2.24, 2.45) is 0 Å². The maximum atomic E-state index is 13.6. The van der Waals surface area contributed by atoms with Crippen molar-refractivity contribution in [1.82, 2.24) is 0 Å². The molecule has 4 nitrogen and oxygen atoms in total. The minimum absolute atomic E-state index is 0.0498. The molecule has 0 saturated carbocycles. The van der Waals surface area contributed by atoms with Crippen LogP contribution in [0.25, 0.3) is 0 Å². The fourth-order valence-electron chi connectivity index (χ4n) is 2.23. The number of Topliss-reactive ketones (excluding diaryl/α,β-unsaturated/α-hetero) is 1. The Morgan fingerprint density at radius 3 is 2.22 bits per heavy atom. The molecule has 0 aliphatic carbocycles. The normalized spacial score (nSPS) is 10.3. The van der Waals surface area contributed by atoms with Gasteiger partial charge in [-0.25, -0.2) is 9.18 Å². The van der Waals surface area contributed by atoms with E-state index in [1.807, 2.05) is 19.9 Å². The van der Waals surface area contributed by atoms with Crippen LogP contribution < -0.4 is 4.74 Å². The van der Waals surface area contributed by atoms with Gasteiger partial charge in [0.15, 0.2) is 24.0 Å². The summed E-state index contributed by atoms with van der Waals surface area (Å²) in [5.41, 5.74) is 2.37. The van der Waals surface area contributed by atoms with Crippen molar-refractivity contribution in [3.63, 3.8) is 0 Å². The quantitative estimate of drug-likeness (QED) is 0.626. The van der Waals surface area contributed by atoms with Gasteiger partial charge in [-0.05, 0) is 44.2 Å². The van der Waals surface area contributed by atoms with Crippen LogP contribution in [0.3, 0.4) is 0 Å². The first kappa shape index (κ1) is 16.7. The Kier molecular flexibility index (Phi) is 5.11. The van der Waals surface area contributed by atoms with E-state index in [0.29, 0.717) is 5.56 Å². The molecule has 0 saturated heterocycles. The second-order valence-corrected chi connectivity index (χ2v) is 5.23. The largest absolute Gasteiger partial charge is 0.494 e. The highest BCUT2D eigenvalue weighted by Crippen LogP contribution is 2.18. The number of carbonyl (C=O) groups is 2. The first-order valence-corrected chi connectivity index (χ1v) is 7.03. The lowest BCUT2D eigenvalue weighted by atomic mass is 10.1. The van der Waals surface area contributed by atoms with Crippen LogP contribution in [0.2, 0.25) is 0 Å². The number of carbonyl (C=O) groups excluding carboxylic acids is 2. The summed E-state index contributed by atoms with van der Waals surface area (Å²) >= 11 is 0. The summed E-state index contributed by atoms with van der Waals surface area (Å²) in [5, 5.41) is 0. The Balaban J connectivity index is 2.03. The molecule has 0 spiro atoms. The van der Waals surface area contributed by atoms with Crippen molar-refractivity contribution in [3.8, 4) is 5.75 Å². The molecule has 0 aromatic heterocycles. The summed E-state index contributed by atoms with van der Waals surface area (Å²) in [5.74, 6) is -1.66. The standard InChI is InChI=1S/C18H17FO4/c1-11-6-12(2)8-14(7-11)18(21)23-10-16(20)13-4-5-17(22-3)15(19)9-13/h4-9H,10H2,1-3H3. The summed E-state index contributed by atoms with van der Waals surface area (Å²) in [4.78, 5) is 24.0. The van der Waals surface area contributed by atoms with Gasteiger partial charge in [0.1, 0.15) is 0 Å². The van der Waals surface area contributed by atoms with Gasteiger partial charge in [-0.1, -0.05) is 17.2 Å². The number of hydrogen-bond acceptors (Lipinski definition) is 4. The van der Waals surface area contributed by atoms with E-state index in [-0.39, 0.29) is 11.3 Å². The van der Waals surface area contributed by atoms with Crippen LogP contribution in [0.5, 0.6) is 5.75 Å². The first-order chi connectivity index (χ1) is 10.9. The highest BCUT2D eigenvalue weighted by molar-refractivity contribution is 5.99. The van der Waals surface area contributed by atoms with Gasteiger partial charge in [-0.15, -0.1) is 0 Å². The predicted molar refractivity (Wildman–Crippen MR) is 83.5 cm³/mol. The second kappa shape index (κ2) is 7.05. The minimum Gasteiger partial charge on any atom is -0.494 e. The molecular weight excluding hydrogens is 299 g/mol. The average molecular weight is 316 g/mol. The van der Waals surface area contributed by atoms with Gasteiger partial charge < -0.3 is 9.47 Å². The molecule has 0 N–H and O–H groups in total. The number of halogens is 1. The summed E-state index contributed by atoms with van der Waals surface area (Å²) < 4.78 is 23.4. The first-order valence-electron chi connectivity index (χ1n) is 7.03. The van der Waals surface area contributed by atoms with E-state index in [1.165, 1.54) is 19.2 Å². The van der Waals surface area contributed by atoms with Crippen LogP contribution in [0.1, 0.15) is 31.8 Å². The van der Waals surface area contributed by atoms with Gasteiger partial charge in [0.05, 0.1) is 12.7 Å². The third kappa shape index (κ3) is 4.16. The van der Waals surface area contributed by atoms with Crippen LogP contribution >= 0.6 is 0 Å². The van der Waals surface area contributed by atoms with E-state index in [4.69, 9.17) is 9.47 Å². The van der Waals surface area contributed by atoms with Gasteiger partial charge in [0.25, 0.3) is 0 Å². The molecule has 23 heavy (non-hydrogen) atoms. The van der Waals surface area contributed by atoms with Crippen molar-refractivity contribution < 1.29 is 23.5 Å². The summed E-state index contributed by atoms with van der Waals surface area (Å²) in [7, 11) is 1.34.